The van der Waals surface area contributed by atoms with Crippen LogP contribution >= 0.6 is 0 Å². The van der Waals surface area contributed by atoms with Gasteiger partial charge < -0.3 is 15.2 Å². The predicted octanol–water partition coefficient (Wildman–Crippen LogP) is 2.90. The average Bonchev–Trinajstić information content (AvgIpc) is 2.41. The Morgan fingerprint density at radius 2 is 1.80 bits per heavy atom. The first-order valence-corrected chi connectivity index (χ1v) is 7.67. The predicted molar refractivity (Wildman–Crippen MR) is 79.5 cm³/mol. The van der Waals surface area contributed by atoms with E-state index in [1.165, 1.54) is 50.8 Å². The molecule has 1 aromatic rings. The summed E-state index contributed by atoms with van der Waals surface area (Å²) in [6.45, 7) is 4.25. The van der Waals surface area contributed by atoms with Gasteiger partial charge in [-0.25, -0.2) is 0 Å². The van der Waals surface area contributed by atoms with Crippen molar-refractivity contribution in [2.45, 2.75) is 45.3 Å². The number of fused-ring (bicyclic) bond motifs is 1. The Labute approximate surface area is 120 Å². The number of likely N-dealkylation sites (tertiary alicyclic amines) is 1. The lowest BCUT2D eigenvalue weighted by molar-refractivity contribution is -0.0174. The minimum atomic E-state index is 0.351. The molecule has 2 heterocycles. The van der Waals surface area contributed by atoms with Crippen LogP contribution < -0.4 is 10.5 Å². The van der Waals surface area contributed by atoms with Gasteiger partial charge in [-0.05, 0) is 38.1 Å². The maximum Gasteiger partial charge on any atom is 0.189 e. The molecule has 4 heteroatoms. The number of rotatable bonds is 2. The van der Waals surface area contributed by atoms with Crippen molar-refractivity contribution in [1.29, 1.82) is 0 Å². The van der Waals surface area contributed by atoms with E-state index in [1.807, 2.05) is 6.07 Å². The first-order chi connectivity index (χ1) is 9.83. The number of nitrogens with two attached hydrogens (primary N) is 1. The number of hydrogen-bond acceptors (Lipinski definition) is 4. The van der Waals surface area contributed by atoms with E-state index in [0.717, 1.165) is 23.5 Å². The molecule has 0 radical (unpaired) electrons. The SMILES string of the molecule is Nc1cc2c(c(CN3CCCCCCC3)c1)OCOC2. The van der Waals surface area contributed by atoms with Crippen LogP contribution in [-0.4, -0.2) is 24.8 Å². The van der Waals surface area contributed by atoms with Crippen LogP contribution in [-0.2, 0) is 17.9 Å². The minimum Gasteiger partial charge on any atom is -0.467 e. The zero-order valence-electron chi connectivity index (χ0n) is 12.1. The van der Waals surface area contributed by atoms with E-state index in [1.54, 1.807) is 0 Å². The topological polar surface area (TPSA) is 47.7 Å². The standard InChI is InChI=1S/C16H24N2O2/c17-15-8-13(16-14(9-15)11-19-12-20-16)10-18-6-4-2-1-3-5-7-18/h8-9H,1-7,10-12,17H2. The summed E-state index contributed by atoms with van der Waals surface area (Å²) < 4.78 is 11.0. The lowest BCUT2D eigenvalue weighted by Crippen LogP contribution is -2.27. The summed E-state index contributed by atoms with van der Waals surface area (Å²) in [6, 6.07) is 4.02. The van der Waals surface area contributed by atoms with Crippen molar-refractivity contribution in [3.05, 3.63) is 23.3 Å². The lowest BCUT2D eigenvalue weighted by atomic mass is 10.0. The van der Waals surface area contributed by atoms with E-state index in [2.05, 4.69) is 11.0 Å². The highest BCUT2D eigenvalue weighted by molar-refractivity contribution is 5.53. The number of anilines is 1. The van der Waals surface area contributed by atoms with E-state index in [0.29, 0.717) is 13.4 Å². The second-order valence-corrected chi connectivity index (χ2v) is 5.82. The largest absolute Gasteiger partial charge is 0.467 e. The van der Waals surface area contributed by atoms with Gasteiger partial charge in [-0.1, -0.05) is 19.3 Å². The van der Waals surface area contributed by atoms with Crippen LogP contribution in [0.1, 0.15) is 43.2 Å². The van der Waals surface area contributed by atoms with E-state index in [9.17, 15) is 0 Å². The molecule has 0 saturated carbocycles. The molecule has 0 spiro atoms. The molecule has 3 rings (SSSR count). The number of benzene rings is 1. The molecule has 0 aromatic heterocycles. The molecular weight excluding hydrogens is 252 g/mol. The van der Waals surface area contributed by atoms with Gasteiger partial charge in [0.1, 0.15) is 5.75 Å². The quantitative estimate of drug-likeness (QED) is 0.844. The Balaban J connectivity index is 1.76. The minimum absolute atomic E-state index is 0.351. The molecule has 110 valence electrons. The molecule has 0 amide bonds. The summed E-state index contributed by atoms with van der Waals surface area (Å²) in [5, 5.41) is 0. The number of ether oxygens (including phenoxy) is 2. The molecule has 0 atom stereocenters. The third-order valence-corrected chi connectivity index (χ3v) is 4.15. The normalized spacial score (nSPS) is 20.6. The van der Waals surface area contributed by atoms with Gasteiger partial charge >= 0.3 is 0 Å². The van der Waals surface area contributed by atoms with Crippen molar-refractivity contribution >= 4 is 5.69 Å². The Bertz CT molecular complexity index is 454. The van der Waals surface area contributed by atoms with Gasteiger partial charge in [-0.3, -0.25) is 4.90 Å². The van der Waals surface area contributed by atoms with E-state index in [4.69, 9.17) is 15.2 Å². The fraction of sp³-hybridized carbons (Fsp3) is 0.625. The Hall–Kier alpha value is -1.26. The molecule has 4 nitrogen and oxygen atoms in total. The van der Waals surface area contributed by atoms with Crippen molar-refractivity contribution in [2.75, 3.05) is 25.6 Å². The van der Waals surface area contributed by atoms with Crippen LogP contribution in [0.25, 0.3) is 0 Å². The highest BCUT2D eigenvalue weighted by atomic mass is 16.7. The summed E-state index contributed by atoms with van der Waals surface area (Å²) in [6.07, 6.45) is 6.71. The summed E-state index contributed by atoms with van der Waals surface area (Å²) in [7, 11) is 0. The van der Waals surface area contributed by atoms with Gasteiger partial charge in [0.15, 0.2) is 6.79 Å². The monoisotopic (exact) mass is 276 g/mol. The average molecular weight is 276 g/mol. The molecule has 0 aliphatic carbocycles. The maximum absolute atomic E-state index is 6.01. The highest BCUT2D eigenvalue weighted by Crippen LogP contribution is 2.32. The summed E-state index contributed by atoms with van der Waals surface area (Å²) in [5.74, 6) is 0.993. The molecule has 1 fully saturated rings. The van der Waals surface area contributed by atoms with Crippen molar-refractivity contribution in [3.8, 4) is 5.75 Å². The van der Waals surface area contributed by atoms with Gasteiger partial charge in [0.2, 0.25) is 0 Å². The molecule has 2 aliphatic heterocycles. The van der Waals surface area contributed by atoms with Crippen LogP contribution in [0.2, 0.25) is 0 Å². The summed E-state index contributed by atoms with van der Waals surface area (Å²) in [4.78, 5) is 2.53. The Morgan fingerprint density at radius 3 is 2.60 bits per heavy atom. The van der Waals surface area contributed by atoms with Gasteiger partial charge in [-0.2, -0.15) is 0 Å². The van der Waals surface area contributed by atoms with E-state index >= 15 is 0 Å². The highest BCUT2D eigenvalue weighted by Gasteiger charge is 2.18. The molecule has 2 N–H and O–H groups in total. The number of hydrogen-bond donors (Lipinski definition) is 1. The smallest absolute Gasteiger partial charge is 0.189 e. The van der Waals surface area contributed by atoms with Crippen LogP contribution in [0, 0.1) is 0 Å². The van der Waals surface area contributed by atoms with Gasteiger partial charge in [0.25, 0.3) is 0 Å². The van der Waals surface area contributed by atoms with Crippen LogP contribution in [0.15, 0.2) is 12.1 Å². The van der Waals surface area contributed by atoms with Gasteiger partial charge in [-0.15, -0.1) is 0 Å². The molecule has 0 unspecified atom stereocenters. The van der Waals surface area contributed by atoms with Gasteiger partial charge in [0.05, 0.1) is 6.61 Å². The fourth-order valence-electron chi connectivity index (χ4n) is 3.16. The van der Waals surface area contributed by atoms with Crippen molar-refractivity contribution in [2.24, 2.45) is 0 Å². The summed E-state index contributed by atoms with van der Waals surface area (Å²) >= 11 is 0. The lowest BCUT2D eigenvalue weighted by Gasteiger charge is -2.27. The van der Waals surface area contributed by atoms with Crippen molar-refractivity contribution in [3.63, 3.8) is 0 Å². The second kappa shape index (κ2) is 6.46. The van der Waals surface area contributed by atoms with Crippen LogP contribution in [0.3, 0.4) is 0 Å². The fourth-order valence-corrected chi connectivity index (χ4v) is 3.16. The first-order valence-electron chi connectivity index (χ1n) is 7.67. The first kappa shape index (κ1) is 13.7. The van der Waals surface area contributed by atoms with Crippen molar-refractivity contribution < 1.29 is 9.47 Å². The van der Waals surface area contributed by atoms with Crippen LogP contribution in [0.4, 0.5) is 5.69 Å². The molecule has 20 heavy (non-hydrogen) atoms. The third-order valence-electron chi connectivity index (χ3n) is 4.15. The number of nitrogens with zero attached hydrogens (tertiary/aromatic N) is 1. The van der Waals surface area contributed by atoms with E-state index in [-0.39, 0.29) is 0 Å². The third kappa shape index (κ3) is 3.25. The zero-order valence-corrected chi connectivity index (χ0v) is 12.1. The second-order valence-electron chi connectivity index (χ2n) is 5.82. The molecule has 0 bridgehead atoms. The van der Waals surface area contributed by atoms with Crippen molar-refractivity contribution in [1.82, 2.24) is 4.90 Å². The Morgan fingerprint density at radius 1 is 1.05 bits per heavy atom. The van der Waals surface area contributed by atoms with Crippen LogP contribution in [0.5, 0.6) is 5.75 Å². The zero-order chi connectivity index (χ0) is 13.8. The molecular formula is C16H24N2O2. The Kier molecular flexibility index (Phi) is 4.43. The van der Waals surface area contributed by atoms with Gasteiger partial charge in [0, 0.05) is 23.4 Å². The summed E-state index contributed by atoms with van der Waals surface area (Å²) in [5.41, 5.74) is 9.11. The molecule has 1 aromatic carbocycles. The molecule has 2 aliphatic rings. The number of nitrogen functional groups attached to an aromatic ring is 1. The molecule has 1 saturated heterocycles. The van der Waals surface area contributed by atoms with E-state index < -0.39 is 0 Å². The maximum atomic E-state index is 6.01.